The molecular formula is C18H15F3N4. The third kappa shape index (κ3) is 2.37. The van der Waals surface area contributed by atoms with E-state index in [1.807, 2.05) is 18.2 Å². The van der Waals surface area contributed by atoms with Gasteiger partial charge < -0.3 is 5.32 Å². The molecule has 0 bridgehead atoms. The van der Waals surface area contributed by atoms with Gasteiger partial charge in [-0.15, -0.1) is 0 Å². The zero-order valence-corrected chi connectivity index (χ0v) is 13.3. The van der Waals surface area contributed by atoms with Gasteiger partial charge in [0.25, 0.3) is 0 Å². The van der Waals surface area contributed by atoms with Gasteiger partial charge in [-0.3, -0.25) is 4.57 Å². The van der Waals surface area contributed by atoms with Gasteiger partial charge in [-0.05, 0) is 55.2 Å². The molecular weight excluding hydrogens is 329 g/mol. The van der Waals surface area contributed by atoms with Crippen LogP contribution in [0.4, 0.5) is 18.9 Å². The van der Waals surface area contributed by atoms with E-state index in [-0.39, 0.29) is 5.65 Å². The predicted octanol–water partition coefficient (Wildman–Crippen LogP) is 4.28. The topological polar surface area (TPSA) is 42.7 Å². The van der Waals surface area contributed by atoms with Crippen molar-refractivity contribution in [2.75, 3.05) is 11.9 Å². The van der Waals surface area contributed by atoms with E-state index in [0.29, 0.717) is 11.4 Å². The fourth-order valence-corrected chi connectivity index (χ4v) is 3.43. The minimum absolute atomic E-state index is 0.280. The van der Waals surface area contributed by atoms with Crippen molar-refractivity contribution in [2.45, 2.75) is 31.4 Å². The zero-order valence-electron chi connectivity index (χ0n) is 13.3. The number of hydrogen-bond donors (Lipinski definition) is 1. The van der Waals surface area contributed by atoms with Gasteiger partial charge in [0.15, 0.2) is 5.65 Å². The van der Waals surface area contributed by atoms with E-state index < -0.39 is 11.9 Å². The van der Waals surface area contributed by atoms with Crippen molar-refractivity contribution >= 4 is 16.9 Å². The molecule has 2 aliphatic rings. The van der Waals surface area contributed by atoms with Gasteiger partial charge in [-0.1, -0.05) is 0 Å². The first-order chi connectivity index (χ1) is 12.0. The van der Waals surface area contributed by atoms with E-state index in [1.54, 1.807) is 4.57 Å². The number of fused-ring (bicyclic) bond motifs is 2. The lowest BCUT2D eigenvalue weighted by Gasteiger charge is -2.11. The molecule has 0 unspecified atom stereocenters. The summed E-state index contributed by atoms with van der Waals surface area (Å²) < 4.78 is 41.1. The summed E-state index contributed by atoms with van der Waals surface area (Å²) in [6, 6.07) is 8.36. The number of hydrogen-bond acceptors (Lipinski definition) is 3. The Hall–Kier alpha value is -2.57. The van der Waals surface area contributed by atoms with Gasteiger partial charge in [0.1, 0.15) is 17.0 Å². The second-order valence-corrected chi connectivity index (χ2v) is 6.63. The van der Waals surface area contributed by atoms with Crippen LogP contribution >= 0.6 is 0 Å². The zero-order chi connectivity index (χ0) is 17.2. The molecule has 0 spiro atoms. The Morgan fingerprint density at radius 3 is 2.68 bits per heavy atom. The van der Waals surface area contributed by atoms with Crippen molar-refractivity contribution in [3.8, 4) is 5.69 Å². The van der Waals surface area contributed by atoms with E-state index in [1.165, 1.54) is 11.6 Å². The summed E-state index contributed by atoms with van der Waals surface area (Å²) >= 11 is 0. The normalized spacial score (nSPS) is 16.9. The molecule has 0 radical (unpaired) electrons. The number of rotatable bonds is 2. The summed E-state index contributed by atoms with van der Waals surface area (Å²) in [6.45, 7) is 0.884. The van der Waals surface area contributed by atoms with Crippen LogP contribution < -0.4 is 5.32 Å². The van der Waals surface area contributed by atoms with Gasteiger partial charge in [0.05, 0.1) is 0 Å². The van der Waals surface area contributed by atoms with E-state index in [9.17, 15) is 13.2 Å². The van der Waals surface area contributed by atoms with Crippen LogP contribution in [0.25, 0.3) is 16.9 Å². The van der Waals surface area contributed by atoms with Gasteiger partial charge in [0, 0.05) is 23.8 Å². The Balaban J connectivity index is 1.75. The molecule has 5 rings (SSSR count). The second-order valence-electron chi connectivity index (χ2n) is 6.63. The summed E-state index contributed by atoms with van der Waals surface area (Å²) in [5.41, 5.74) is 3.00. The minimum Gasteiger partial charge on any atom is -0.384 e. The van der Waals surface area contributed by atoms with Crippen molar-refractivity contribution in [1.29, 1.82) is 0 Å². The number of nitrogens with one attached hydrogen (secondary N) is 1. The van der Waals surface area contributed by atoms with E-state index >= 15 is 0 Å². The van der Waals surface area contributed by atoms with Crippen molar-refractivity contribution in [3.63, 3.8) is 0 Å². The first-order valence-electron chi connectivity index (χ1n) is 8.34. The lowest BCUT2D eigenvalue weighted by Crippen LogP contribution is -2.09. The summed E-state index contributed by atoms with van der Waals surface area (Å²) in [4.78, 5) is 8.49. The van der Waals surface area contributed by atoms with Gasteiger partial charge in [-0.25, -0.2) is 9.97 Å². The van der Waals surface area contributed by atoms with Gasteiger partial charge >= 0.3 is 6.18 Å². The van der Waals surface area contributed by atoms with Crippen LogP contribution in [-0.4, -0.2) is 21.1 Å². The summed E-state index contributed by atoms with van der Waals surface area (Å²) in [5.74, 6) is 1.11. The Bertz CT molecular complexity index is 986. The van der Waals surface area contributed by atoms with Crippen LogP contribution in [0.5, 0.6) is 0 Å². The van der Waals surface area contributed by atoms with Crippen molar-refractivity contribution < 1.29 is 13.2 Å². The first-order valence-corrected chi connectivity index (χ1v) is 8.34. The molecule has 3 aromatic rings. The number of benzene rings is 1. The van der Waals surface area contributed by atoms with Crippen LogP contribution in [0.1, 0.15) is 35.8 Å². The number of imidazole rings is 1. The molecule has 0 amide bonds. The van der Waals surface area contributed by atoms with Crippen molar-refractivity contribution in [1.82, 2.24) is 14.5 Å². The molecule has 2 aromatic heterocycles. The van der Waals surface area contributed by atoms with E-state index in [0.717, 1.165) is 49.1 Å². The van der Waals surface area contributed by atoms with E-state index in [2.05, 4.69) is 15.3 Å². The molecule has 1 aliphatic heterocycles. The quantitative estimate of drug-likeness (QED) is 0.754. The van der Waals surface area contributed by atoms with Crippen LogP contribution in [0.2, 0.25) is 0 Å². The molecule has 128 valence electrons. The highest BCUT2D eigenvalue weighted by molar-refractivity contribution is 5.75. The second kappa shape index (κ2) is 4.97. The fourth-order valence-electron chi connectivity index (χ4n) is 3.43. The maximum Gasteiger partial charge on any atom is 0.433 e. The molecule has 1 N–H and O–H groups in total. The highest BCUT2D eigenvalue weighted by Crippen LogP contribution is 2.42. The Morgan fingerprint density at radius 2 is 1.92 bits per heavy atom. The highest BCUT2D eigenvalue weighted by Gasteiger charge is 2.35. The molecule has 1 aliphatic carbocycles. The smallest absolute Gasteiger partial charge is 0.384 e. The molecule has 4 nitrogen and oxygen atoms in total. The average molecular weight is 344 g/mol. The number of anilines is 1. The molecule has 0 saturated heterocycles. The summed E-state index contributed by atoms with van der Waals surface area (Å²) in [5, 5.41) is 3.30. The standard InChI is InChI=1S/C18H15F3N4/c19-18(20,21)15-6-5-14-17(24-15)25(16(23-14)10-1-2-10)12-3-4-13-11(9-12)7-8-22-13/h3-6,9-10,22H,1-2,7-8H2. The van der Waals surface area contributed by atoms with Gasteiger partial charge in [-0.2, -0.15) is 13.2 Å². The molecule has 1 aromatic carbocycles. The van der Waals surface area contributed by atoms with Crippen LogP contribution in [0.3, 0.4) is 0 Å². The Kier molecular flexibility index (Phi) is 2.93. The third-order valence-electron chi connectivity index (χ3n) is 4.82. The maximum absolute atomic E-state index is 13.1. The summed E-state index contributed by atoms with van der Waals surface area (Å²) in [6.07, 6.45) is -1.52. The first kappa shape index (κ1) is 14.7. The van der Waals surface area contributed by atoms with Gasteiger partial charge in [0.2, 0.25) is 0 Å². The van der Waals surface area contributed by atoms with Crippen LogP contribution in [0.15, 0.2) is 30.3 Å². The predicted molar refractivity (Wildman–Crippen MR) is 88.0 cm³/mol. The lowest BCUT2D eigenvalue weighted by molar-refractivity contribution is -0.141. The minimum atomic E-state index is -4.47. The number of aromatic nitrogens is 3. The largest absolute Gasteiger partial charge is 0.433 e. The molecule has 25 heavy (non-hydrogen) atoms. The highest BCUT2D eigenvalue weighted by atomic mass is 19.4. The number of halogens is 3. The average Bonchev–Trinajstić information content (AvgIpc) is 3.19. The summed E-state index contributed by atoms with van der Waals surface area (Å²) in [7, 11) is 0. The third-order valence-corrected chi connectivity index (χ3v) is 4.82. The van der Waals surface area contributed by atoms with Crippen LogP contribution in [0, 0.1) is 0 Å². The van der Waals surface area contributed by atoms with E-state index in [4.69, 9.17) is 0 Å². The van der Waals surface area contributed by atoms with Crippen LogP contribution in [-0.2, 0) is 12.6 Å². The lowest BCUT2D eigenvalue weighted by atomic mass is 10.1. The monoisotopic (exact) mass is 344 g/mol. The Morgan fingerprint density at radius 1 is 1.08 bits per heavy atom. The maximum atomic E-state index is 13.1. The van der Waals surface area contributed by atoms with Crippen molar-refractivity contribution in [3.05, 3.63) is 47.4 Å². The molecule has 7 heteroatoms. The number of alkyl halides is 3. The van der Waals surface area contributed by atoms with Crippen molar-refractivity contribution in [2.24, 2.45) is 0 Å². The fraction of sp³-hybridized carbons (Fsp3) is 0.333. The molecule has 0 atom stereocenters. The molecule has 1 fully saturated rings. The Labute approximate surface area is 141 Å². The molecule has 1 saturated carbocycles. The number of pyridine rings is 1. The molecule has 3 heterocycles. The SMILES string of the molecule is FC(F)(F)c1ccc2nc(C3CC3)n(-c3ccc4c(c3)CCN4)c2n1. The number of nitrogens with zero attached hydrogens (tertiary/aromatic N) is 3.